The molecule has 0 saturated carbocycles. The number of nitrogens with zero attached hydrogens (tertiary/aromatic N) is 1. The Balaban J connectivity index is 2.73. The maximum atomic E-state index is 13.0. The summed E-state index contributed by atoms with van der Waals surface area (Å²) in [6.45, 7) is 2.03. The normalized spacial score (nSPS) is 11.2. The summed E-state index contributed by atoms with van der Waals surface area (Å²) in [4.78, 5) is 24.7. The molecule has 0 fully saturated rings. The Morgan fingerprint density at radius 1 is 1.29 bits per heavy atom. The average molecular weight is 367 g/mol. The summed E-state index contributed by atoms with van der Waals surface area (Å²) in [5.41, 5.74) is -1.39. The number of alkyl halides is 3. The van der Waals surface area contributed by atoms with Crippen molar-refractivity contribution in [2.75, 3.05) is 32.1 Å². The number of benzene rings is 1. The summed E-state index contributed by atoms with van der Waals surface area (Å²) in [7, 11) is 1.48. The number of halogens is 4. The highest BCUT2D eigenvalue weighted by molar-refractivity contribution is 6.30. The number of amides is 2. The lowest BCUT2D eigenvalue weighted by molar-refractivity contribution is -0.137. The Kier molecular flexibility index (Phi) is 7.50. The molecule has 0 saturated heterocycles. The standard InChI is InChI=1S/C15H18ClF3N2O3/c1-10(22)21(7-8-24-2)6-5-14(23)20-13-4-3-11(16)9-12(13)15(17,18)19/h3-4,9H,5-8H2,1-2H3,(H,20,23). The Hall–Kier alpha value is -1.80. The van der Waals surface area contributed by atoms with Crippen molar-refractivity contribution >= 4 is 29.1 Å². The van der Waals surface area contributed by atoms with Gasteiger partial charge in [0.1, 0.15) is 0 Å². The minimum absolute atomic E-state index is 0.0809. The van der Waals surface area contributed by atoms with Crippen LogP contribution in [0.4, 0.5) is 18.9 Å². The zero-order valence-electron chi connectivity index (χ0n) is 13.2. The van der Waals surface area contributed by atoms with Gasteiger partial charge in [0, 0.05) is 38.6 Å². The molecule has 2 amide bonds. The fourth-order valence-electron chi connectivity index (χ4n) is 1.94. The van der Waals surface area contributed by atoms with E-state index in [9.17, 15) is 22.8 Å². The Morgan fingerprint density at radius 3 is 2.50 bits per heavy atom. The number of nitrogens with one attached hydrogen (secondary N) is 1. The first-order valence-corrected chi connectivity index (χ1v) is 7.44. The minimum Gasteiger partial charge on any atom is -0.383 e. The van der Waals surface area contributed by atoms with E-state index in [0.717, 1.165) is 12.1 Å². The summed E-state index contributed by atoms with van der Waals surface area (Å²) >= 11 is 5.58. The van der Waals surface area contributed by atoms with Crippen LogP contribution in [-0.2, 0) is 20.5 Å². The lowest BCUT2D eigenvalue weighted by Crippen LogP contribution is -2.34. The predicted octanol–water partition coefficient (Wildman–Crippen LogP) is 3.18. The zero-order valence-corrected chi connectivity index (χ0v) is 14.0. The summed E-state index contributed by atoms with van der Waals surface area (Å²) in [6.07, 6.45) is -4.78. The van der Waals surface area contributed by atoms with Crippen molar-refractivity contribution in [1.82, 2.24) is 4.90 Å². The SMILES string of the molecule is COCCN(CCC(=O)Nc1ccc(Cl)cc1C(F)(F)F)C(C)=O. The number of carbonyl (C=O) groups excluding carboxylic acids is 2. The van der Waals surface area contributed by atoms with Crippen molar-refractivity contribution in [2.45, 2.75) is 19.5 Å². The molecule has 0 bridgehead atoms. The van der Waals surface area contributed by atoms with Crippen molar-refractivity contribution < 1.29 is 27.5 Å². The van der Waals surface area contributed by atoms with E-state index in [1.807, 2.05) is 0 Å². The molecule has 1 aromatic carbocycles. The number of hydrogen-bond donors (Lipinski definition) is 1. The molecule has 134 valence electrons. The van der Waals surface area contributed by atoms with E-state index < -0.39 is 17.6 Å². The van der Waals surface area contributed by atoms with Crippen molar-refractivity contribution in [1.29, 1.82) is 0 Å². The molecule has 5 nitrogen and oxygen atoms in total. The molecule has 1 N–H and O–H groups in total. The molecule has 24 heavy (non-hydrogen) atoms. The average Bonchev–Trinajstić information content (AvgIpc) is 2.47. The van der Waals surface area contributed by atoms with E-state index in [2.05, 4.69) is 5.32 Å². The third-order valence-electron chi connectivity index (χ3n) is 3.18. The highest BCUT2D eigenvalue weighted by Gasteiger charge is 2.34. The van der Waals surface area contributed by atoms with Crippen molar-refractivity contribution in [3.05, 3.63) is 28.8 Å². The van der Waals surface area contributed by atoms with Gasteiger partial charge in [0.15, 0.2) is 0 Å². The van der Waals surface area contributed by atoms with Crippen molar-refractivity contribution in [3.63, 3.8) is 0 Å². The van der Waals surface area contributed by atoms with Gasteiger partial charge in [-0.2, -0.15) is 13.2 Å². The van der Waals surface area contributed by atoms with Crippen LogP contribution in [0.1, 0.15) is 18.9 Å². The van der Waals surface area contributed by atoms with Gasteiger partial charge in [-0.3, -0.25) is 9.59 Å². The second-order valence-corrected chi connectivity index (χ2v) is 5.42. The Labute approximate surface area is 142 Å². The van der Waals surface area contributed by atoms with Gasteiger partial charge in [-0.05, 0) is 18.2 Å². The highest BCUT2D eigenvalue weighted by atomic mass is 35.5. The minimum atomic E-state index is -4.64. The molecule has 0 atom stereocenters. The number of ether oxygens (including phenoxy) is 1. The first-order chi connectivity index (χ1) is 11.1. The number of rotatable bonds is 7. The van der Waals surface area contributed by atoms with Gasteiger partial charge in [-0.1, -0.05) is 11.6 Å². The largest absolute Gasteiger partial charge is 0.418 e. The molecule has 0 heterocycles. The second kappa shape index (κ2) is 8.89. The first kappa shape index (κ1) is 20.2. The van der Waals surface area contributed by atoms with E-state index in [1.54, 1.807) is 0 Å². The Morgan fingerprint density at radius 2 is 1.96 bits per heavy atom. The van der Waals surface area contributed by atoms with Crippen LogP contribution in [-0.4, -0.2) is 43.5 Å². The van der Waals surface area contributed by atoms with E-state index >= 15 is 0 Å². The first-order valence-electron chi connectivity index (χ1n) is 7.06. The second-order valence-electron chi connectivity index (χ2n) is 4.98. The molecule has 0 spiro atoms. The van der Waals surface area contributed by atoms with Crippen LogP contribution in [0.3, 0.4) is 0 Å². The molecule has 1 rings (SSSR count). The third kappa shape index (κ3) is 6.37. The summed E-state index contributed by atoms with van der Waals surface area (Å²) in [6, 6.07) is 3.10. The van der Waals surface area contributed by atoms with Crippen molar-refractivity contribution in [2.24, 2.45) is 0 Å². The van der Waals surface area contributed by atoms with E-state index in [4.69, 9.17) is 16.3 Å². The molecule has 1 aromatic rings. The van der Waals surface area contributed by atoms with Crippen LogP contribution in [0.15, 0.2) is 18.2 Å². The van der Waals surface area contributed by atoms with E-state index in [0.29, 0.717) is 13.2 Å². The summed E-state index contributed by atoms with van der Waals surface area (Å²) < 4.78 is 43.7. The summed E-state index contributed by atoms with van der Waals surface area (Å²) in [5, 5.41) is 2.13. The van der Waals surface area contributed by atoms with Gasteiger partial charge in [-0.25, -0.2) is 0 Å². The van der Waals surface area contributed by atoms with Crippen LogP contribution in [0.2, 0.25) is 5.02 Å². The lowest BCUT2D eigenvalue weighted by Gasteiger charge is -2.20. The quantitative estimate of drug-likeness (QED) is 0.806. The fourth-order valence-corrected chi connectivity index (χ4v) is 2.11. The molecule has 0 unspecified atom stereocenters. The zero-order chi connectivity index (χ0) is 18.3. The van der Waals surface area contributed by atoms with Crippen LogP contribution in [0.5, 0.6) is 0 Å². The van der Waals surface area contributed by atoms with Crippen molar-refractivity contribution in [3.8, 4) is 0 Å². The molecule has 0 aliphatic carbocycles. The van der Waals surface area contributed by atoms with Gasteiger partial charge in [0.2, 0.25) is 11.8 Å². The van der Waals surface area contributed by atoms with Crippen LogP contribution in [0.25, 0.3) is 0 Å². The third-order valence-corrected chi connectivity index (χ3v) is 3.42. The Bertz CT molecular complexity index is 594. The number of methoxy groups -OCH3 is 1. The topological polar surface area (TPSA) is 58.6 Å². The maximum Gasteiger partial charge on any atom is 0.418 e. The maximum absolute atomic E-state index is 13.0. The molecule has 0 radical (unpaired) electrons. The van der Waals surface area contributed by atoms with Gasteiger partial charge >= 0.3 is 6.18 Å². The monoisotopic (exact) mass is 366 g/mol. The van der Waals surface area contributed by atoms with Gasteiger partial charge < -0.3 is 15.0 Å². The number of carbonyl (C=O) groups is 2. The fraction of sp³-hybridized carbons (Fsp3) is 0.467. The molecule has 0 aromatic heterocycles. The molecular weight excluding hydrogens is 349 g/mol. The molecular formula is C15H18ClF3N2O3. The lowest BCUT2D eigenvalue weighted by atomic mass is 10.1. The molecule has 0 aliphatic heterocycles. The highest BCUT2D eigenvalue weighted by Crippen LogP contribution is 2.36. The smallest absolute Gasteiger partial charge is 0.383 e. The predicted molar refractivity (Wildman–Crippen MR) is 83.8 cm³/mol. The van der Waals surface area contributed by atoms with Crippen LogP contribution in [0, 0.1) is 0 Å². The summed E-state index contributed by atoms with van der Waals surface area (Å²) in [5.74, 6) is -0.881. The van der Waals surface area contributed by atoms with Crippen LogP contribution < -0.4 is 5.32 Å². The van der Waals surface area contributed by atoms with Crippen LogP contribution >= 0.6 is 11.6 Å². The van der Waals surface area contributed by atoms with Gasteiger partial charge in [0.25, 0.3) is 0 Å². The van der Waals surface area contributed by atoms with Gasteiger partial charge in [0.05, 0.1) is 17.9 Å². The molecule has 0 aliphatic rings. The van der Waals surface area contributed by atoms with Gasteiger partial charge in [-0.15, -0.1) is 0 Å². The number of hydrogen-bond acceptors (Lipinski definition) is 3. The van der Waals surface area contributed by atoms with E-state index in [1.165, 1.54) is 25.0 Å². The molecule has 9 heteroatoms. The van der Waals surface area contributed by atoms with E-state index in [-0.39, 0.29) is 29.6 Å². The number of anilines is 1.